The van der Waals surface area contributed by atoms with Crippen molar-refractivity contribution < 1.29 is 26.4 Å². The molecule has 10 heteroatoms. The zero-order valence-electron chi connectivity index (χ0n) is 17.8. The summed E-state index contributed by atoms with van der Waals surface area (Å²) in [7, 11) is -7.11. The Morgan fingerprint density at radius 2 is 1.77 bits per heavy atom. The van der Waals surface area contributed by atoms with Gasteiger partial charge >= 0.3 is 5.97 Å². The maximum atomic E-state index is 13.3. The van der Waals surface area contributed by atoms with Crippen LogP contribution in [0.15, 0.2) is 17.0 Å². The van der Waals surface area contributed by atoms with Crippen LogP contribution in [0.1, 0.15) is 43.7 Å². The summed E-state index contributed by atoms with van der Waals surface area (Å²) in [5, 5.41) is 0. The van der Waals surface area contributed by atoms with Gasteiger partial charge < -0.3 is 4.74 Å². The van der Waals surface area contributed by atoms with E-state index in [9.17, 15) is 21.6 Å². The number of carbonyl (C=O) groups is 1. The molecule has 0 spiro atoms. The molecule has 1 aromatic carbocycles. The molecule has 1 aromatic rings. The van der Waals surface area contributed by atoms with E-state index in [2.05, 4.69) is 0 Å². The summed E-state index contributed by atoms with van der Waals surface area (Å²) in [6.07, 6.45) is 2.29. The van der Waals surface area contributed by atoms with Crippen LogP contribution in [0.3, 0.4) is 0 Å². The van der Waals surface area contributed by atoms with Crippen LogP contribution in [0.5, 0.6) is 0 Å². The van der Waals surface area contributed by atoms with E-state index in [0.717, 1.165) is 6.42 Å². The van der Waals surface area contributed by atoms with E-state index in [1.165, 1.54) is 8.61 Å². The molecule has 30 heavy (non-hydrogen) atoms. The van der Waals surface area contributed by atoms with Crippen molar-refractivity contribution >= 4 is 31.7 Å². The maximum Gasteiger partial charge on any atom is 0.309 e. The molecule has 3 rings (SSSR count). The van der Waals surface area contributed by atoms with E-state index in [0.29, 0.717) is 49.2 Å². The summed E-state index contributed by atoms with van der Waals surface area (Å²) in [5.74, 6) is -0.430. The molecule has 0 aliphatic carbocycles. The van der Waals surface area contributed by atoms with Crippen molar-refractivity contribution in [3.63, 3.8) is 0 Å². The largest absolute Gasteiger partial charge is 0.466 e. The summed E-state index contributed by atoms with van der Waals surface area (Å²) in [4.78, 5) is 12.1. The van der Waals surface area contributed by atoms with Crippen molar-refractivity contribution in [3.8, 4) is 0 Å². The highest BCUT2D eigenvalue weighted by molar-refractivity contribution is 7.92. The lowest BCUT2D eigenvalue weighted by Crippen LogP contribution is -2.41. The second kappa shape index (κ2) is 8.84. The van der Waals surface area contributed by atoms with E-state index in [1.54, 1.807) is 32.9 Å². The molecule has 0 amide bonds. The summed E-state index contributed by atoms with van der Waals surface area (Å²) in [5.41, 5.74) is 1.68. The van der Waals surface area contributed by atoms with E-state index in [1.807, 2.05) is 0 Å². The van der Waals surface area contributed by atoms with Gasteiger partial charge in [0.2, 0.25) is 20.0 Å². The summed E-state index contributed by atoms with van der Waals surface area (Å²) in [6, 6.07) is 3.23. The number of anilines is 1. The van der Waals surface area contributed by atoms with Crippen molar-refractivity contribution in [2.24, 2.45) is 5.92 Å². The Morgan fingerprint density at radius 1 is 1.10 bits per heavy atom. The van der Waals surface area contributed by atoms with Crippen molar-refractivity contribution in [2.45, 2.75) is 51.3 Å². The van der Waals surface area contributed by atoms with Gasteiger partial charge in [0, 0.05) is 19.6 Å². The Hall–Kier alpha value is -1.65. The summed E-state index contributed by atoms with van der Waals surface area (Å²) >= 11 is 0. The molecule has 8 nitrogen and oxygen atoms in total. The van der Waals surface area contributed by atoms with Crippen molar-refractivity contribution in [2.75, 3.05) is 36.3 Å². The first-order valence-corrected chi connectivity index (χ1v) is 13.4. The minimum absolute atomic E-state index is 0.112. The predicted octanol–water partition coefficient (Wildman–Crippen LogP) is 2.20. The van der Waals surface area contributed by atoms with Crippen LogP contribution < -0.4 is 4.31 Å². The fourth-order valence-electron chi connectivity index (χ4n) is 4.11. The molecule has 0 radical (unpaired) electrons. The lowest BCUT2D eigenvalue weighted by atomic mass is 9.98. The van der Waals surface area contributed by atoms with Gasteiger partial charge in [-0.15, -0.1) is 0 Å². The van der Waals surface area contributed by atoms with Gasteiger partial charge in [0.25, 0.3) is 0 Å². The molecular formula is C20H30N2O6S2. The van der Waals surface area contributed by atoms with Gasteiger partial charge in [-0.25, -0.2) is 16.8 Å². The van der Waals surface area contributed by atoms with Gasteiger partial charge in [0.05, 0.1) is 28.9 Å². The Labute approximate surface area is 179 Å². The van der Waals surface area contributed by atoms with Crippen LogP contribution >= 0.6 is 0 Å². The minimum atomic E-state index is -3.74. The van der Waals surface area contributed by atoms with Crippen molar-refractivity contribution in [1.82, 2.24) is 4.31 Å². The number of rotatable bonds is 5. The molecule has 0 saturated carbocycles. The minimum Gasteiger partial charge on any atom is -0.466 e. The quantitative estimate of drug-likeness (QED) is 0.627. The van der Waals surface area contributed by atoms with Crippen molar-refractivity contribution in [3.05, 3.63) is 23.3 Å². The summed E-state index contributed by atoms with van der Waals surface area (Å²) < 4.78 is 59.3. The Balaban J connectivity index is 1.84. The zero-order valence-corrected chi connectivity index (χ0v) is 19.4. The van der Waals surface area contributed by atoms with E-state index in [-0.39, 0.29) is 35.6 Å². The highest BCUT2D eigenvalue weighted by Crippen LogP contribution is 2.33. The second-order valence-electron chi connectivity index (χ2n) is 7.93. The lowest BCUT2D eigenvalue weighted by molar-refractivity contribution is -0.149. The normalized spacial score (nSPS) is 20.8. The number of esters is 1. The molecule has 2 fully saturated rings. The first-order chi connectivity index (χ1) is 14.1. The molecular weight excluding hydrogens is 428 g/mol. The van der Waals surface area contributed by atoms with Gasteiger partial charge in [-0.3, -0.25) is 9.10 Å². The standard InChI is InChI=1S/C20H30N2O6S2/c1-4-28-20(23)17-7-10-21(11-8-17)30(26,27)19-14-15(2)18(13-16(19)3)22-9-5-6-12-29(22,24)25/h13-14,17H,4-12H2,1-3H3. The van der Waals surface area contributed by atoms with E-state index < -0.39 is 20.0 Å². The summed E-state index contributed by atoms with van der Waals surface area (Å²) in [6.45, 7) is 6.42. The van der Waals surface area contributed by atoms with Crippen LogP contribution in [0.4, 0.5) is 5.69 Å². The average Bonchev–Trinajstić information content (AvgIpc) is 2.69. The number of nitrogens with zero attached hydrogens (tertiary/aromatic N) is 2. The number of carbonyl (C=O) groups excluding carboxylic acids is 1. The molecule has 2 aliphatic heterocycles. The lowest BCUT2D eigenvalue weighted by Gasteiger charge is -2.32. The van der Waals surface area contributed by atoms with Crippen LogP contribution in [0.2, 0.25) is 0 Å². The maximum absolute atomic E-state index is 13.3. The number of sulfonamides is 2. The van der Waals surface area contributed by atoms with Gasteiger partial charge in [-0.05, 0) is 69.7 Å². The van der Waals surface area contributed by atoms with Crippen LogP contribution in [0, 0.1) is 19.8 Å². The first kappa shape index (κ1) is 23.0. The van der Waals surface area contributed by atoms with Crippen LogP contribution in [-0.2, 0) is 29.6 Å². The molecule has 2 heterocycles. The number of ether oxygens (including phenoxy) is 1. The third kappa shape index (κ3) is 4.50. The highest BCUT2D eigenvalue weighted by atomic mass is 32.2. The second-order valence-corrected chi connectivity index (χ2v) is 11.8. The fraction of sp³-hybridized carbons (Fsp3) is 0.650. The number of hydrogen-bond acceptors (Lipinski definition) is 6. The molecule has 0 atom stereocenters. The number of benzene rings is 1. The highest BCUT2D eigenvalue weighted by Gasteiger charge is 2.34. The van der Waals surface area contributed by atoms with Gasteiger partial charge in [-0.1, -0.05) is 0 Å². The smallest absolute Gasteiger partial charge is 0.309 e. The van der Waals surface area contributed by atoms with Gasteiger partial charge in [0.1, 0.15) is 0 Å². The zero-order chi connectivity index (χ0) is 22.1. The third-order valence-corrected chi connectivity index (χ3v) is 9.70. The third-order valence-electron chi connectivity index (χ3n) is 5.80. The molecule has 0 unspecified atom stereocenters. The SMILES string of the molecule is CCOC(=O)C1CCN(S(=O)(=O)c2cc(C)c(N3CCCCS3(=O)=O)cc2C)CC1. The van der Waals surface area contributed by atoms with Gasteiger partial charge in [0.15, 0.2) is 0 Å². The number of aryl methyl sites for hydroxylation is 2. The Kier molecular flexibility index (Phi) is 6.78. The van der Waals surface area contributed by atoms with Crippen LogP contribution in [0.25, 0.3) is 0 Å². The fourth-order valence-corrected chi connectivity index (χ4v) is 7.57. The Bertz CT molecular complexity index is 1010. The molecule has 0 bridgehead atoms. The molecule has 0 aromatic heterocycles. The molecule has 2 saturated heterocycles. The van der Waals surface area contributed by atoms with E-state index in [4.69, 9.17) is 4.74 Å². The monoisotopic (exact) mass is 458 g/mol. The topological polar surface area (TPSA) is 101 Å². The molecule has 0 N–H and O–H groups in total. The van der Waals surface area contributed by atoms with E-state index >= 15 is 0 Å². The first-order valence-electron chi connectivity index (χ1n) is 10.4. The number of piperidine rings is 1. The van der Waals surface area contributed by atoms with Crippen LogP contribution in [-0.4, -0.2) is 59.1 Å². The molecule has 168 valence electrons. The van der Waals surface area contributed by atoms with Gasteiger partial charge in [-0.2, -0.15) is 4.31 Å². The molecule has 2 aliphatic rings. The Morgan fingerprint density at radius 3 is 2.37 bits per heavy atom. The average molecular weight is 459 g/mol. The predicted molar refractivity (Wildman–Crippen MR) is 114 cm³/mol. The number of hydrogen-bond donors (Lipinski definition) is 0. The van der Waals surface area contributed by atoms with Crippen molar-refractivity contribution in [1.29, 1.82) is 0 Å².